The molecule has 1 nitrogen and oxygen atoms in total. The molecule has 8 heavy (non-hydrogen) atoms. The summed E-state index contributed by atoms with van der Waals surface area (Å²) in [5.74, 6) is 0.275. The molecule has 1 aliphatic carbocycles. The monoisotopic (exact) mass is 108 g/mol. The van der Waals surface area contributed by atoms with Gasteiger partial charge in [0.15, 0.2) is 0 Å². The third-order valence-electron chi connectivity index (χ3n) is 1.12. The fourth-order valence-corrected chi connectivity index (χ4v) is 0.741. The van der Waals surface area contributed by atoms with Crippen LogP contribution in [-0.2, 0) is 4.79 Å². The van der Waals surface area contributed by atoms with Gasteiger partial charge in [0.05, 0.1) is 0 Å². The first kappa shape index (κ1) is 5.29. The van der Waals surface area contributed by atoms with E-state index in [2.05, 4.69) is 6.58 Å². The molecular formula is C7H8O. The molecule has 0 unspecified atom stereocenters. The summed E-state index contributed by atoms with van der Waals surface area (Å²) in [6.07, 6.45) is 4.91. The summed E-state index contributed by atoms with van der Waals surface area (Å²) in [6.45, 7) is 3.66. The van der Waals surface area contributed by atoms with Gasteiger partial charge in [0.25, 0.3) is 0 Å². The maximum atomic E-state index is 10.6. The lowest BCUT2D eigenvalue weighted by Crippen LogP contribution is -1.99. The quantitative estimate of drug-likeness (QED) is 0.459. The van der Waals surface area contributed by atoms with E-state index in [1.165, 1.54) is 0 Å². The van der Waals surface area contributed by atoms with Crippen LogP contribution in [0.25, 0.3) is 0 Å². The van der Waals surface area contributed by atoms with Crippen molar-refractivity contribution in [3.8, 4) is 0 Å². The maximum absolute atomic E-state index is 10.6. The Balaban J connectivity index is 2.68. The van der Waals surface area contributed by atoms with Crippen LogP contribution in [0.15, 0.2) is 24.3 Å². The van der Waals surface area contributed by atoms with Gasteiger partial charge in [0, 0.05) is 12.8 Å². The predicted molar refractivity (Wildman–Crippen MR) is 32.5 cm³/mol. The molecule has 0 amide bonds. The summed E-state index contributed by atoms with van der Waals surface area (Å²) in [5, 5.41) is 0. The van der Waals surface area contributed by atoms with Crippen LogP contribution in [0, 0.1) is 0 Å². The van der Waals surface area contributed by atoms with Gasteiger partial charge in [0.2, 0.25) is 0 Å². The molecule has 0 aliphatic heterocycles. The largest absolute Gasteiger partial charge is 0.299 e. The van der Waals surface area contributed by atoms with Gasteiger partial charge in [-0.05, 0) is 5.57 Å². The first-order valence-corrected chi connectivity index (χ1v) is 2.65. The summed E-state index contributed by atoms with van der Waals surface area (Å²) >= 11 is 0. The van der Waals surface area contributed by atoms with Gasteiger partial charge in [-0.2, -0.15) is 0 Å². The van der Waals surface area contributed by atoms with E-state index < -0.39 is 0 Å². The van der Waals surface area contributed by atoms with Gasteiger partial charge in [0.1, 0.15) is 5.78 Å². The predicted octanol–water partition coefficient (Wildman–Crippen LogP) is 1.46. The number of ketones is 1. The Morgan fingerprint density at radius 1 is 1.62 bits per heavy atom. The summed E-state index contributed by atoms with van der Waals surface area (Å²) in [6, 6.07) is 0. The summed E-state index contributed by atoms with van der Waals surface area (Å²) in [5.41, 5.74) is 0.932. The van der Waals surface area contributed by atoms with Gasteiger partial charge in [-0.25, -0.2) is 0 Å². The van der Waals surface area contributed by atoms with Gasteiger partial charge >= 0.3 is 0 Å². The summed E-state index contributed by atoms with van der Waals surface area (Å²) in [4.78, 5) is 10.6. The Bertz CT molecular complexity index is 154. The van der Waals surface area contributed by atoms with Crippen LogP contribution in [0.3, 0.4) is 0 Å². The van der Waals surface area contributed by atoms with Gasteiger partial charge in [-0.15, -0.1) is 0 Å². The zero-order valence-electron chi connectivity index (χ0n) is 4.68. The number of hydrogen-bond acceptors (Lipinski definition) is 1. The van der Waals surface area contributed by atoms with Crippen molar-refractivity contribution in [2.24, 2.45) is 0 Å². The topological polar surface area (TPSA) is 17.1 Å². The van der Waals surface area contributed by atoms with Gasteiger partial charge in [-0.3, -0.25) is 4.79 Å². The smallest absolute Gasteiger partial charge is 0.140 e. The third kappa shape index (κ3) is 1.06. The molecule has 0 saturated carbocycles. The van der Waals surface area contributed by atoms with E-state index in [0.29, 0.717) is 12.8 Å². The Hall–Kier alpha value is -0.850. The Morgan fingerprint density at radius 3 is 2.75 bits per heavy atom. The molecule has 0 radical (unpaired) electrons. The number of Topliss-reactive ketones (excluding diaryl/α,β-unsaturated/α-hetero) is 1. The Morgan fingerprint density at radius 2 is 2.38 bits per heavy atom. The van der Waals surface area contributed by atoms with Crippen LogP contribution >= 0.6 is 0 Å². The average molecular weight is 108 g/mol. The zero-order valence-corrected chi connectivity index (χ0v) is 4.68. The van der Waals surface area contributed by atoms with Crippen molar-refractivity contribution in [1.82, 2.24) is 0 Å². The van der Waals surface area contributed by atoms with Crippen molar-refractivity contribution in [3.05, 3.63) is 24.3 Å². The van der Waals surface area contributed by atoms with Crippen molar-refractivity contribution < 1.29 is 4.79 Å². The normalized spacial score (nSPS) is 19.5. The molecule has 1 aliphatic rings. The summed E-state index contributed by atoms with van der Waals surface area (Å²) in [7, 11) is 0. The fraction of sp³-hybridized carbons (Fsp3) is 0.286. The minimum Gasteiger partial charge on any atom is -0.299 e. The Labute approximate surface area is 48.7 Å². The fourth-order valence-electron chi connectivity index (χ4n) is 0.741. The van der Waals surface area contributed by atoms with Crippen molar-refractivity contribution in [3.63, 3.8) is 0 Å². The zero-order chi connectivity index (χ0) is 5.98. The number of rotatable bonds is 0. The number of carbonyl (C=O) groups excluding carboxylic acids is 1. The maximum Gasteiger partial charge on any atom is 0.140 e. The molecule has 0 aromatic carbocycles. The molecule has 1 heteroatoms. The number of carbonyl (C=O) groups is 1. The molecular weight excluding hydrogens is 100 g/mol. The van der Waals surface area contributed by atoms with E-state index in [1.807, 2.05) is 12.2 Å². The standard InChI is InChI=1S/C7H8O/c1-6-3-2-4-7(8)5-6/h2-3H,1,4-5H2. The molecule has 42 valence electrons. The molecule has 0 spiro atoms. The van der Waals surface area contributed by atoms with Crippen LogP contribution in [0.2, 0.25) is 0 Å². The van der Waals surface area contributed by atoms with E-state index in [9.17, 15) is 4.79 Å². The average Bonchev–Trinajstić information content (AvgIpc) is 1.64. The summed E-state index contributed by atoms with van der Waals surface area (Å²) < 4.78 is 0. The van der Waals surface area contributed by atoms with Crippen molar-refractivity contribution in [2.45, 2.75) is 12.8 Å². The van der Waals surface area contributed by atoms with E-state index in [0.717, 1.165) is 5.57 Å². The van der Waals surface area contributed by atoms with E-state index in [4.69, 9.17) is 0 Å². The first-order valence-electron chi connectivity index (χ1n) is 2.65. The molecule has 0 heterocycles. The second kappa shape index (κ2) is 1.95. The molecule has 0 bridgehead atoms. The molecule has 0 saturated heterocycles. The highest BCUT2D eigenvalue weighted by atomic mass is 16.1. The highest BCUT2D eigenvalue weighted by Gasteiger charge is 2.03. The van der Waals surface area contributed by atoms with E-state index in [1.54, 1.807) is 0 Å². The van der Waals surface area contributed by atoms with Crippen molar-refractivity contribution in [1.29, 1.82) is 0 Å². The molecule has 0 atom stereocenters. The Kier molecular flexibility index (Phi) is 1.29. The highest BCUT2D eigenvalue weighted by molar-refractivity contribution is 5.84. The minimum absolute atomic E-state index is 0.275. The molecule has 0 aromatic heterocycles. The van der Waals surface area contributed by atoms with E-state index >= 15 is 0 Å². The van der Waals surface area contributed by atoms with E-state index in [-0.39, 0.29) is 5.78 Å². The first-order chi connectivity index (χ1) is 3.79. The lowest BCUT2D eigenvalue weighted by Gasteiger charge is -2.01. The highest BCUT2D eigenvalue weighted by Crippen LogP contribution is 2.09. The number of allylic oxidation sites excluding steroid dienone is 3. The van der Waals surface area contributed by atoms with Gasteiger partial charge in [-0.1, -0.05) is 18.7 Å². The van der Waals surface area contributed by atoms with Crippen molar-refractivity contribution >= 4 is 5.78 Å². The number of hydrogen-bond donors (Lipinski definition) is 0. The lowest BCUT2D eigenvalue weighted by molar-refractivity contribution is -0.117. The molecule has 0 fully saturated rings. The van der Waals surface area contributed by atoms with Crippen LogP contribution in [0.5, 0.6) is 0 Å². The SMILES string of the molecule is C=C1C=CCC(=O)C1. The lowest BCUT2D eigenvalue weighted by atomic mass is 10.0. The third-order valence-corrected chi connectivity index (χ3v) is 1.12. The molecule has 0 aromatic rings. The minimum atomic E-state index is 0.275. The van der Waals surface area contributed by atoms with Crippen LogP contribution in [0.1, 0.15) is 12.8 Å². The van der Waals surface area contributed by atoms with Gasteiger partial charge < -0.3 is 0 Å². The second-order valence-corrected chi connectivity index (χ2v) is 1.98. The van der Waals surface area contributed by atoms with Crippen molar-refractivity contribution in [2.75, 3.05) is 0 Å². The second-order valence-electron chi connectivity index (χ2n) is 1.98. The van der Waals surface area contributed by atoms with Crippen LogP contribution < -0.4 is 0 Å². The van der Waals surface area contributed by atoms with Crippen LogP contribution in [-0.4, -0.2) is 5.78 Å². The molecule has 0 N–H and O–H groups in total. The molecule has 1 rings (SSSR count). The van der Waals surface area contributed by atoms with Crippen LogP contribution in [0.4, 0.5) is 0 Å².